The van der Waals surface area contributed by atoms with Gasteiger partial charge in [-0.15, -0.1) is 0 Å². The molecule has 5 nitrogen and oxygen atoms in total. The Morgan fingerprint density at radius 1 is 1.08 bits per heavy atom. The van der Waals surface area contributed by atoms with E-state index in [-0.39, 0.29) is 11.6 Å². The maximum atomic E-state index is 14.1. The minimum atomic E-state index is -0.528. The van der Waals surface area contributed by atoms with Crippen molar-refractivity contribution in [3.05, 3.63) is 66.1 Å². The number of rotatable bonds is 3. The van der Waals surface area contributed by atoms with Gasteiger partial charge in [-0.1, -0.05) is 18.2 Å². The second-order valence-corrected chi connectivity index (χ2v) is 5.57. The summed E-state index contributed by atoms with van der Waals surface area (Å²) in [4.78, 5) is 10.5. The van der Waals surface area contributed by atoms with Crippen LogP contribution >= 0.6 is 0 Å². The molecule has 0 amide bonds. The summed E-state index contributed by atoms with van der Waals surface area (Å²) in [5.74, 6) is 0.190. The third-order valence-electron chi connectivity index (χ3n) is 3.99. The van der Waals surface area contributed by atoms with Gasteiger partial charge < -0.3 is 15.3 Å². The average Bonchev–Trinajstić information content (AvgIpc) is 3.03. The topological polar surface area (TPSA) is 61.3 Å². The lowest BCUT2D eigenvalue weighted by atomic mass is 10.2. The lowest BCUT2D eigenvalue weighted by Crippen LogP contribution is -2.17. The molecule has 120 valence electrons. The predicted octanol–water partition coefficient (Wildman–Crippen LogP) is 3.76. The number of hydrogen-bond donors (Lipinski definition) is 2. The molecule has 1 aromatic heterocycles. The molecule has 0 atom stereocenters. The Balaban J connectivity index is 1.66. The molecule has 0 aliphatic carbocycles. The molecule has 0 spiro atoms. The Morgan fingerprint density at radius 2 is 1.88 bits per heavy atom. The van der Waals surface area contributed by atoms with E-state index in [9.17, 15) is 9.50 Å². The van der Waals surface area contributed by atoms with Crippen molar-refractivity contribution in [2.45, 2.75) is 6.42 Å². The minimum absolute atomic E-state index is 0.107. The first-order valence-electron chi connectivity index (χ1n) is 7.65. The predicted molar refractivity (Wildman–Crippen MR) is 90.5 cm³/mol. The van der Waals surface area contributed by atoms with Crippen LogP contribution in [0.2, 0.25) is 0 Å². The third kappa shape index (κ3) is 2.62. The zero-order valence-electron chi connectivity index (χ0n) is 12.8. The van der Waals surface area contributed by atoms with Gasteiger partial charge in [-0.3, -0.25) is 0 Å². The summed E-state index contributed by atoms with van der Waals surface area (Å²) in [6, 6.07) is 14.4. The Hall–Kier alpha value is -3.15. The average molecular weight is 322 g/mol. The van der Waals surface area contributed by atoms with Gasteiger partial charge in [-0.05, 0) is 42.3 Å². The molecular weight excluding hydrogens is 307 g/mol. The van der Waals surface area contributed by atoms with Gasteiger partial charge in [0.1, 0.15) is 5.75 Å². The molecular formula is C18H15FN4O. The highest BCUT2D eigenvalue weighted by Gasteiger charge is 2.22. The molecule has 24 heavy (non-hydrogen) atoms. The SMILES string of the molecule is Oc1ccc(Nc2nc(N3CCc4ccccc43)ncc2F)cc1. The number of halogens is 1. The van der Waals surface area contributed by atoms with Crippen LogP contribution in [-0.2, 0) is 6.42 Å². The van der Waals surface area contributed by atoms with Gasteiger partial charge in [0.25, 0.3) is 0 Å². The van der Waals surface area contributed by atoms with E-state index in [4.69, 9.17) is 0 Å². The van der Waals surface area contributed by atoms with E-state index >= 15 is 0 Å². The van der Waals surface area contributed by atoms with Crippen LogP contribution in [0, 0.1) is 5.82 Å². The summed E-state index contributed by atoms with van der Waals surface area (Å²) in [5.41, 5.74) is 2.93. The largest absolute Gasteiger partial charge is 0.508 e. The van der Waals surface area contributed by atoms with Crippen molar-refractivity contribution in [1.82, 2.24) is 9.97 Å². The summed E-state index contributed by atoms with van der Waals surface area (Å²) in [6.45, 7) is 0.767. The van der Waals surface area contributed by atoms with Crippen molar-refractivity contribution >= 4 is 23.1 Å². The van der Waals surface area contributed by atoms with Gasteiger partial charge in [-0.2, -0.15) is 4.98 Å². The quantitative estimate of drug-likeness (QED) is 0.719. The number of fused-ring (bicyclic) bond motifs is 1. The monoisotopic (exact) mass is 322 g/mol. The molecule has 2 heterocycles. The second-order valence-electron chi connectivity index (χ2n) is 5.57. The highest BCUT2D eigenvalue weighted by atomic mass is 19.1. The first-order chi connectivity index (χ1) is 11.7. The van der Waals surface area contributed by atoms with Crippen LogP contribution in [0.1, 0.15) is 5.56 Å². The fourth-order valence-corrected chi connectivity index (χ4v) is 2.80. The fraction of sp³-hybridized carbons (Fsp3) is 0.111. The molecule has 0 bridgehead atoms. The van der Waals surface area contributed by atoms with Crippen LogP contribution < -0.4 is 10.2 Å². The van der Waals surface area contributed by atoms with Gasteiger partial charge in [0, 0.05) is 17.9 Å². The lowest BCUT2D eigenvalue weighted by molar-refractivity contribution is 0.475. The number of aromatic hydroxyl groups is 1. The molecule has 0 saturated carbocycles. The first kappa shape index (κ1) is 14.4. The number of nitrogens with one attached hydrogen (secondary N) is 1. The number of nitrogens with zero attached hydrogens (tertiary/aromatic N) is 3. The Morgan fingerprint density at radius 3 is 2.71 bits per heavy atom. The summed E-state index contributed by atoms with van der Waals surface area (Å²) in [6.07, 6.45) is 2.09. The van der Waals surface area contributed by atoms with E-state index in [1.165, 1.54) is 23.9 Å². The summed E-state index contributed by atoms with van der Waals surface area (Å²) in [7, 11) is 0. The van der Waals surface area contributed by atoms with E-state index in [0.717, 1.165) is 18.7 Å². The van der Waals surface area contributed by atoms with Gasteiger partial charge in [0.15, 0.2) is 11.6 Å². The second kappa shape index (κ2) is 5.81. The van der Waals surface area contributed by atoms with E-state index in [1.54, 1.807) is 12.1 Å². The van der Waals surface area contributed by atoms with Gasteiger partial charge >= 0.3 is 0 Å². The highest BCUT2D eigenvalue weighted by Crippen LogP contribution is 2.33. The lowest BCUT2D eigenvalue weighted by Gasteiger charge is -2.18. The van der Waals surface area contributed by atoms with Crippen LogP contribution in [0.25, 0.3) is 0 Å². The van der Waals surface area contributed by atoms with E-state index in [1.807, 2.05) is 23.1 Å². The summed E-state index contributed by atoms with van der Waals surface area (Å²) >= 11 is 0. The maximum Gasteiger partial charge on any atom is 0.232 e. The Labute approximate surface area is 138 Å². The van der Waals surface area contributed by atoms with Gasteiger partial charge in [-0.25, -0.2) is 9.37 Å². The van der Waals surface area contributed by atoms with E-state index in [0.29, 0.717) is 11.6 Å². The van der Waals surface area contributed by atoms with Crippen LogP contribution in [0.5, 0.6) is 5.75 Å². The van der Waals surface area contributed by atoms with Crippen LogP contribution in [0.15, 0.2) is 54.7 Å². The van der Waals surface area contributed by atoms with E-state index in [2.05, 4.69) is 21.4 Å². The number of aromatic nitrogens is 2. The molecule has 2 aromatic carbocycles. The molecule has 6 heteroatoms. The standard InChI is InChI=1S/C18H15FN4O/c19-15-11-20-18(23-10-9-12-3-1-2-4-16(12)23)22-17(15)21-13-5-7-14(24)8-6-13/h1-8,11,24H,9-10H2,(H,20,21,22). The Bertz CT molecular complexity index is 882. The maximum absolute atomic E-state index is 14.1. The first-order valence-corrected chi connectivity index (χ1v) is 7.65. The number of benzene rings is 2. The third-order valence-corrected chi connectivity index (χ3v) is 3.99. The molecule has 0 unspecified atom stereocenters. The smallest absolute Gasteiger partial charge is 0.232 e. The number of hydrogen-bond acceptors (Lipinski definition) is 5. The zero-order valence-corrected chi connectivity index (χ0v) is 12.8. The van der Waals surface area contributed by atoms with Crippen molar-refractivity contribution in [3.63, 3.8) is 0 Å². The highest BCUT2D eigenvalue weighted by molar-refractivity contribution is 5.67. The summed E-state index contributed by atoms with van der Waals surface area (Å²) in [5, 5.41) is 12.2. The molecule has 3 aromatic rings. The molecule has 1 aliphatic heterocycles. The van der Waals surface area contributed by atoms with Crippen LogP contribution in [0.3, 0.4) is 0 Å². The van der Waals surface area contributed by atoms with Crippen LogP contribution in [-0.4, -0.2) is 21.6 Å². The minimum Gasteiger partial charge on any atom is -0.508 e. The van der Waals surface area contributed by atoms with Crippen molar-refractivity contribution in [3.8, 4) is 5.75 Å². The summed E-state index contributed by atoms with van der Waals surface area (Å²) < 4.78 is 14.1. The molecule has 1 aliphatic rings. The van der Waals surface area contributed by atoms with Crippen LogP contribution in [0.4, 0.5) is 27.5 Å². The van der Waals surface area contributed by atoms with Crippen molar-refractivity contribution < 1.29 is 9.50 Å². The number of phenolic OH excluding ortho intramolecular Hbond substituents is 1. The normalized spacial score (nSPS) is 13.0. The zero-order chi connectivity index (χ0) is 16.5. The number of anilines is 4. The fourth-order valence-electron chi connectivity index (χ4n) is 2.80. The number of para-hydroxylation sites is 1. The van der Waals surface area contributed by atoms with E-state index < -0.39 is 5.82 Å². The Kier molecular flexibility index (Phi) is 3.49. The van der Waals surface area contributed by atoms with Crippen molar-refractivity contribution in [2.75, 3.05) is 16.8 Å². The molecule has 0 radical (unpaired) electrons. The van der Waals surface area contributed by atoms with Crippen molar-refractivity contribution in [1.29, 1.82) is 0 Å². The van der Waals surface area contributed by atoms with Gasteiger partial charge in [0.05, 0.1) is 6.20 Å². The molecule has 0 saturated heterocycles. The van der Waals surface area contributed by atoms with Crippen molar-refractivity contribution in [2.24, 2.45) is 0 Å². The molecule has 4 rings (SSSR count). The van der Waals surface area contributed by atoms with Gasteiger partial charge in [0.2, 0.25) is 5.95 Å². The molecule has 2 N–H and O–H groups in total. The molecule has 0 fully saturated rings. The number of phenols is 1.